The lowest BCUT2D eigenvalue weighted by Gasteiger charge is -2.32. The first-order chi connectivity index (χ1) is 14.3. The molecule has 2 amide bonds. The average molecular weight is 430 g/mol. The third-order valence-corrected chi connectivity index (χ3v) is 5.71. The Morgan fingerprint density at radius 2 is 1.63 bits per heavy atom. The first-order valence-corrected chi connectivity index (χ1v) is 11.9. The van der Waals surface area contributed by atoms with Crippen molar-refractivity contribution in [1.29, 1.82) is 0 Å². The molecule has 1 heterocycles. The summed E-state index contributed by atoms with van der Waals surface area (Å²) in [7, 11) is -3.35. The quantitative estimate of drug-likeness (QED) is 0.707. The average Bonchev–Trinajstić information content (AvgIpc) is 2.72. The first kappa shape index (κ1) is 21.8. The van der Waals surface area contributed by atoms with Crippen molar-refractivity contribution in [3.63, 3.8) is 0 Å². The fraction of sp³-hybridized carbons (Fsp3) is 0.364. The fourth-order valence-corrected chi connectivity index (χ4v) is 4.06. The van der Waals surface area contributed by atoms with Gasteiger partial charge < -0.3 is 10.2 Å². The van der Waals surface area contributed by atoms with Crippen LogP contribution in [0.25, 0.3) is 0 Å². The molecule has 0 radical (unpaired) electrons. The lowest BCUT2D eigenvalue weighted by molar-refractivity contribution is -0.132. The summed E-state index contributed by atoms with van der Waals surface area (Å²) in [5, 5.41) is 3.00. The highest BCUT2D eigenvalue weighted by molar-refractivity contribution is 7.92. The summed E-state index contributed by atoms with van der Waals surface area (Å²) in [5.41, 5.74) is 2.04. The van der Waals surface area contributed by atoms with Crippen LogP contribution in [0.4, 0.5) is 5.69 Å². The molecule has 1 aliphatic rings. The normalized spacial score (nSPS) is 14.9. The standard InChI is InChI=1S/C22H27N3O4S/c1-30(28,29)24-20-10-8-18(9-11-20)22(27)23-19-13-15-25(16-14-19)21(26)12-7-17-5-3-2-4-6-17/h2-6,8-11,19,24H,7,12-16H2,1H3,(H,23,27). The predicted octanol–water partition coefficient (Wildman–Crippen LogP) is 2.41. The second-order valence-electron chi connectivity index (χ2n) is 7.57. The highest BCUT2D eigenvalue weighted by atomic mass is 32.2. The van der Waals surface area contributed by atoms with E-state index in [1.165, 1.54) is 0 Å². The Balaban J connectivity index is 1.43. The van der Waals surface area contributed by atoms with Crippen LogP contribution >= 0.6 is 0 Å². The van der Waals surface area contributed by atoms with Gasteiger partial charge in [0, 0.05) is 36.8 Å². The van der Waals surface area contributed by atoms with Crippen LogP contribution in [-0.2, 0) is 21.2 Å². The molecule has 1 saturated heterocycles. The van der Waals surface area contributed by atoms with E-state index in [2.05, 4.69) is 10.0 Å². The molecule has 0 spiro atoms. The Morgan fingerprint density at radius 3 is 2.23 bits per heavy atom. The molecule has 0 unspecified atom stereocenters. The van der Waals surface area contributed by atoms with Crippen LogP contribution in [0, 0.1) is 0 Å². The van der Waals surface area contributed by atoms with Crippen molar-refractivity contribution in [3.8, 4) is 0 Å². The van der Waals surface area contributed by atoms with Crippen molar-refractivity contribution >= 4 is 27.5 Å². The van der Waals surface area contributed by atoms with Crippen LogP contribution < -0.4 is 10.0 Å². The number of rotatable bonds is 7. The Bertz CT molecular complexity index is 967. The van der Waals surface area contributed by atoms with Gasteiger partial charge in [0.2, 0.25) is 15.9 Å². The van der Waals surface area contributed by atoms with Gasteiger partial charge in [-0.3, -0.25) is 14.3 Å². The summed E-state index contributed by atoms with van der Waals surface area (Å²) in [5.74, 6) is -0.0487. The van der Waals surface area contributed by atoms with Gasteiger partial charge in [-0.25, -0.2) is 8.42 Å². The van der Waals surface area contributed by atoms with Crippen LogP contribution in [0.15, 0.2) is 54.6 Å². The number of nitrogens with zero attached hydrogens (tertiary/aromatic N) is 1. The molecule has 8 heteroatoms. The molecule has 160 valence electrons. The van der Waals surface area contributed by atoms with Gasteiger partial charge >= 0.3 is 0 Å². The van der Waals surface area contributed by atoms with E-state index in [0.717, 1.165) is 31.1 Å². The fourth-order valence-electron chi connectivity index (χ4n) is 3.50. The van der Waals surface area contributed by atoms with Gasteiger partial charge in [-0.15, -0.1) is 0 Å². The van der Waals surface area contributed by atoms with Crippen molar-refractivity contribution in [3.05, 3.63) is 65.7 Å². The van der Waals surface area contributed by atoms with Crippen LogP contribution in [-0.4, -0.2) is 50.5 Å². The molecule has 0 aromatic heterocycles. The largest absolute Gasteiger partial charge is 0.349 e. The number of benzene rings is 2. The van der Waals surface area contributed by atoms with Crippen LogP contribution in [0.2, 0.25) is 0 Å². The Labute approximate surface area is 177 Å². The number of hydrogen-bond donors (Lipinski definition) is 2. The molecule has 2 N–H and O–H groups in total. The molecule has 3 rings (SSSR count). The van der Waals surface area contributed by atoms with Gasteiger partial charge in [0.25, 0.3) is 5.91 Å². The van der Waals surface area contributed by atoms with Crippen molar-refractivity contribution in [2.75, 3.05) is 24.1 Å². The van der Waals surface area contributed by atoms with E-state index in [9.17, 15) is 18.0 Å². The monoisotopic (exact) mass is 429 g/mol. The summed E-state index contributed by atoms with van der Waals surface area (Å²) in [6.45, 7) is 1.27. The maximum absolute atomic E-state index is 12.5. The van der Waals surface area contributed by atoms with Gasteiger partial charge in [0.15, 0.2) is 0 Å². The van der Waals surface area contributed by atoms with Crippen molar-refractivity contribution in [1.82, 2.24) is 10.2 Å². The van der Waals surface area contributed by atoms with Crippen molar-refractivity contribution < 1.29 is 18.0 Å². The Morgan fingerprint density at radius 1 is 1.00 bits per heavy atom. The Hall–Kier alpha value is -2.87. The molecule has 1 aliphatic heterocycles. The summed E-state index contributed by atoms with van der Waals surface area (Å²) in [6, 6.07) is 16.3. The zero-order valence-electron chi connectivity index (χ0n) is 17.0. The summed E-state index contributed by atoms with van der Waals surface area (Å²) in [4.78, 5) is 26.8. The number of likely N-dealkylation sites (tertiary alicyclic amines) is 1. The highest BCUT2D eigenvalue weighted by Crippen LogP contribution is 2.15. The number of amides is 2. The van der Waals surface area contributed by atoms with Gasteiger partial charge in [-0.1, -0.05) is 30.3 Å². The van der Waals surface area contributed by atoms with Gasteiger partial charge in [-0.05, 0) is 49.1 Å². The second kappa shape index (κ2) is 9.75. The lowest BCUT2D eigenvalue weighted by Crippen LogP contribution is -2.46. The molecule has 2 aromatic carbocycles. The minimum atomic E-state index is -3.35. The topological polar surface area (TPSA) is 95.6 Å². The SMILES string of the molecule is CS(=O)(=O)Nc1ccc(C(=O)NC2CCN(C(=O)CCc3ccccc3)CC2)cc1. The smallest absolute Gasteiger partial charge is 0.251 e. The molecule has 0 saturated carbocycles. The summed E-state index contributed by atoms with van der Waals surface area (Å²) < 4.78 is 24.9. The summed E-state index contributed by atoms with van der Waals surface area (Å²) in [6.07, 6.45) is 3.74. The number of anilines is 1. The first-order valence-electron chi connectivity index (χ1n) is 10.0. The van der Waals surface area contributed by atoms with E-state index in [0.29, 0.717) is 30.8 Å². The summed E-state index contributed by atoms with van der Waals surface area (Å²) >= 11 is 0. The molecular formula is C22H27N3O4S. The van der Waals surface area contributed by atoms with Gasteiger partial charge in [0.05, 0.1) is 6.26 Å². The Kier molecular flexibility index (Phi) is 7.10. The maximum atomic E-state index is 12.5. The minimum absolute atomic E-state index is 0.0181. The number of sulfonamides is 1. The van der Waals surface area contributed by atoms with Gasteiger partial charge in [0.1, 0.15) is 0 Å². The molecular weight excluding hydrogens is 402 g/mol. The van der Waals surface area contributed by atoms with Crippen molar-refractivity contribution in [2.24, 2.45) is 0 Å². The van der Waals surface area contributed by atoms with Crippen molar-refractivity contribution in [2.45, 2.75) is 31.7 Å². The molecule has 0 bridgehead atoms. The molecule has 2 aromatic rings. The van der Waals surface area contributed by atoms with Crippen LogP contribution in [0.5, 0.6) is 0 Å². The zero-order valence-corrected chi connectivity index (χ0v) is 17.8. The number of piperidine rings is 1. The molecule has 30 heavy (non-hydrogen) atoms. The zero-order chi connectivity index (χ0) is 21.6. The van der Waals surface area contributed by atoms with E-state index in [1.54, 1.807) is 24.3 Å². The number of carbonyl (C=O) groups is 2. The van der Waals surface area contributed by atoms with Crippen LogP contribution in [0.3, 0.4) is 0 Å². The molecule has 1 fully saturated rings. The van der Waals surface area contributed by atoms with E-state index in [4.69, 9.17) is 0 Å². The number of aryl methyl sites for hydroxylation is 1. The predicted molar refractivity (Wildman–Crippen MR) is 117 cm³/mol. The van der Waals surface area contributed by atoms with E-state index in [-0.39, 0.29) is 17.9 Å². The highest BCUT2D eigenvalue weighted by Gasteiger charge is 2.24. The van der Waals surface area contributed by atoms with Gasteiger partial charge in [-0.2, -0.15) is 0 Å². The van der Waals surface area contributed by atoms with E-state index in [1.807, 2.05) is 35.2 Å². The lowest BCUT2D eigenvalue weighted by atomic mass is 10.0. The van der Waals surface area contributed by atoms with Crippen LogP contribution in [0.1, 0.15) is 35.2 Å². The molecule has 0 aliphatic carbocycles. The number of nitrogens with one attached hydrogen (secondary N) is 2. The third-order valence-electron chi connectivity index (χ3n) is 5.10. The van der Waals surface area contributed by atoms with E-state index < -0.39 is 10.0 Å². The number of hydrogen-bond acceptors (Lipinski definition) is 4. The molecule has 7 nitrogen and oxygen atoms in total. The molecule has 0 atom stereocenters. The number of carbonyl (C=O) groups excluding carboxylic acids is 2. The maximum Gasteiger partial charge on any atom is 0.251 e. The third kappa shape index (κ3) is 6.59. The second-order valence-corrected chi connectivity index (χ2v) is 9.31. The van der Waals surface area contributed by atoms with E-state index >= 15 is 0 Å². The minimum Gasteiger partial charge on any atom is -0.349 e.